The lowest BCUT2D eigenvalue weighted by molar-refractivity contribution is -0.274. The first-order valence-electron chi connectivity index (χ1n) is 5.37. The second-order valence-corrected chi connectivity index (χ2v) is 3.79. The molecule has 0 heterocycles. The van der Waals surface area contributed by atoms with Crippen LogP contribution < -0.4 is 21.3 Å². The number of hydrogen-bond donors (Lipinski definition) is 3. The third kappa shape index (κ3) is 4.76. The number of nitrogens with one attached hydrogen (secondary N) is 2. The van der Waals surface area contributed by atoms with E-state index in [1.165, 1.54) is 6.07 Å². The first-order valence-corrected chi connectivity index (χ1v) is 5.37. The summed E-state index contributed by atoms with van der Waals surface area (Å²) in [6.45, 7) is 1.51. The molecule has 2 amide bonds. The molecular weight excluding hydrogens is 279 g/mol. The molecule has 20 heavy (non-hydrogen) atoms. The molecule has 4 N–H and O–H groups in total. The maximum atomic E-state index is 12.1. The van der Waals surface area contributed by atoms with Crippen LogP contribution >= 0.6 is 0 Å². The van der Waals surface area contributed by atoms with E-state index in [0.29, 0.717) is 11.1 Å². The highest BCUT2D eigenvalue weighted by Crippen LogP contribution is 2.24. The molecule has 1 rings (SSSR count). The van der Waals surface area contributed by atoms with Crippen LogP contribution in [0.15, 0.2) is 18.2 Å². The lowest BCUT2D eigenvalue weighted by atomic mass is 10.1. The zero-order chi connectivity index (χ0) is 15.3. The van der Waals surface area contributed by atoms with Crippen molar-refractivity contribution in [2.24, 2.45) is 5.84 Å². The first-order chi connectivity index (χ1) is 9.23. The maximum absolute atomic E-state index is 12.1. The quantitative estimate of drug-likeness (QED) is 0.327. The second-order valence-electron chi connectivity index (χ2n) is 3.79. The number of benzene rings is 1. The standard InChI is InChI=1S/C11H12F3N3O3/c1-6-2-3-8(20-11(12,13)14)4-7(6)5-16-9(18)10(19)17-15/h2-4H,5,15H2,1H3,(H,16,18)(H,17,19). The summed E-state index contributed by atoms with van der Waals surface area (Å²) in [6.07, 6.45) is -4.80. The van der Waals surface area contributed by atoms with E-state index >= 15 is 0 Å². The molecule has 110 valence electrons. The van der Waals surface area contributed by atoms with E-state index in [9.17, 15) is 22.8 Å². The SMILES string of the molecule is Cc1ccc(OC(F)(F)F)cc1CNC(=O)C(=O)NN. The number of carbonyl (C=O) groups excluding carboxylic acids is 2. The lowest BCUT2D eigenvalue weighted by Crippen LogP contribution is -2.42. The van der Waals surface area contributed by atoms with Crippen molar-refractivity contribution in [1.29, 1.82) is 0 Å². The monoisotopic (exact) mass is 291 g/mol. The number of carbonyl (C=O) groups is 2. The minimum atomic E-state index is -4.80. The second kappa shape index (κ2) is 6.24. The minimum Gasteiger partial charge on any atom is -0.406 e. The van der Waals surface area contributed by atoms with E-state index in [4.69, 9.17) is 5.84 Å². The molecule has 0 unspecified atom stereocenters. The van der Waals surface area contributed by atoms with Gasteiger partial charge in [-0.3, -0.25) is 15.0 Å². The van der Waals surface area contributed by atoms with Crippen LogP contribution in [0, 0.1) is 6.92 Å². The molecule has 1 aromatic rings. The van der Waals surface area contributed by atoms with E-state index in [0.717, 1.165) is 12.1 Å². The fourth-order valence-electron chi connectivity index (χ4n) is 1.36. The summed E-state index contributed by atoms with van der Waals surface area (Å²) >= 11 is 0. The summed E-state index contributed by atoms with van der Waals surface area (Å²) < 4.78 is 40.0. The Morgan fingerprint density at radius 2 is 1.95 bits per heavy atom. The van der Waals surface area contributed by atoms with Gasteiger partial charge in [-0.2, -0.15) is 0 Å². The molecule has 0 spiro atoms. The number of rotatable bonds is 3. The van der Waals surface area contributed by atoms with Crippen LogP contribution in [0.25, 0.3) is 0 Å². The molecule has 0 saturated carbocycles. The molecule has 0 fully saturated rings. The van der Waals surface area contributed by atoms with Crippen molar-refractivity contribution < 1.29 is 27.5 Å². The van der Waals surface area contributed by atoms with Gasteiger partial charge in [0.25, 0.3) is 0 Å². The number of hydrazine groups is 1. The number of nitrogens with two attached hydrogens (primary N) is 1. The minimum absolute atomic E-state index is 0.132. The summed E-state index contributed by atoms with van der Waals surface area (Å²) in [5.74, 6) is 2.31. The highest BCUT2D eigenvalue weighted by Gasteiger charge is 2.31. The van der Waals surface area contributed by atoms with E-state index in [1.807, 2.05) is 0 Å². The molecule has 1 aromatic carbocycles. The van der Waals surface area contributed by atoms with Crippen LogP contribution in [0.5, 0.6) is 5.75 Å². The highest BCUT2D eigenvalue weighted by atomic mass is 19.4. The summed E-state index contributed by atoms with van der Waals surface area (Å²) in [5.41, 5.74) is 2.65. The normalized spacial score (nSPS) is 10.8. The van der Waals surface area contributed by atoms with Crippen LogP contribution in [0.2, 0.25) is 0 Å². The predicted octanol–water partition coefficient (Wildman–Crippen LogP) is 0.500. The number of halogens is 3. The van der Waals surface area contributed by atoms with E-state index in [2.05, 4.69) is 10.1 Å². The van der Waals surface area contributed by atoms with Gasteiger partial charge in [-0.1, -0.05) is 6.07 Å². The van der Waals surface area contributed by atoms with Crippen molar-refractivity contribution in [1.82, 2.24) is 10.7 Å². The van der Waals surface area contributed by atoms with Gasteiger partial charge in [0, 0.05) is 6.54 Å². The largest absolute Gasteiger partial charge is 0.573 e. The van der Waals surface area contributed by atoms with Crippen LogP contribution in [0.1, 0.15) is 11.1 Å². The Morgan fingerprint density at radius 3 is 2.50 bits per heavy atom. The van der Waals surface area contributed by atoms with Gasteiger partial charge in [0.2, 0.25) is 0 Å². The predicted molar refractivity (Wildman–Crippen MR) is 62.0 cm³/mol. The molecule has 0 atom stereocenters. The topological polar surface area (TPSA) is 93.4 Å². The molecule has 6 nitrogen and oxygen atoms in total. The van der Waals surface area contributed by atoms with Gasteiger partial charge in [0.15, 0.2) is 0 Å². The number of amides is 2. The van der Waals surface area contributed by atoms with Gasteiger partial charge in [-0.25, -0.2) is 5.84 Å². The molecule has 0 bridgehead atoms. The smallest absolute Gasteiger partial charge is 0.406 e. The number of aryl methyl sites for hydroxylation is 1. The van der Waals surface area contributed by atoms with E-state index in [-0.39, 0.29) is 6.54 Å². The van der Waals surface area contributed by atoms with Crippen molar-refractivity contribution in [3.8, 4) is 5.75 Å². The van der Waals surface area contributed by atoms with Gasteiger partial charge < -0.3 is 10.1 Å². The molecule has 0 aliphatic carbocycles. The Kier molecular flexibility index (Phi) is 4.92. The lowest BCUT2D eigenvalue weighted by Gasteiger charge is -2.12. The third-order valence-electron chi connectivity index (χ3n) is 2.33. The molecule has 0 radical (unpaired) electrons. The van der Waals surface area contributed by atoms with Crippen molar-refractivity contribution >= 4 is 11.8 Å². The van der Waals surface area contributed by atoms with Crippen molar-refractivity contribution in [3.63, 3.8) is 0 Å². The average Bonchev–Trinajstić information content (AvgIpc) is 2.36. The Labute approximate surface area is 112 Å². The Hall–Kier alpha value is -2.29. The van der Waals surface area contributed by atoms with E-state index in [1.54, 1.807) is 12.3 Å². The number of ether oxygens (including phenoxy) is 1. The van der Waals surface area contributed by atoms with Gasteiger partial charge >= 0.3 is 18.2 Å². The fraction of sp³-hybridized carbons (Fsp3) is 0.273. The van der Waals surface area contributed by atoms with Crippen molar-refractivity contribution in [2.45, 2.75) is 19.8 Å². The summed E-state index contributed by atoms with van der Waals surface area (Å²) in [4.78, 5) is 22.0. The van der Waals surface area contributed by atoms with Gasteiger partial charge in [-0.15, -0.1) is 13.2 Å². The Bertz CT molecular complexity index is 517. The maximum Gasteiger partial charge on any atom is 0.573 e. The highest BCUT2D eigenvalue weighted by molar-refractivity contribution is 6.34. The fourth-order valence-corrected chi connectivity index (χ4v) is 1.36. The van der Waals surface area contributed by atoms with Crippen LogP contribution in [-0.2, 0) is 16.1 Å². The summed E-state index contributed by atoms with van der Waals surface area (Å²) in [6, 6.07) is 3.69. The number of alkyl halides is 3. The summed E-state index contributed by atoms with van der Waals surface area (Å²) in [7, 11) is 0. The Balaban J connectivity index is 2.77. The number of hydrogen-bond acceptors (Lipinski definition) is 4. The van der Waals surface area contributed by atoms with Gasteiger partial charge in [0.05, 0.1) is 0 Å². The molecular formula is C11H12F3N3O3. The first kappa shape index (κ1) is 15.8. The zero-order valence-electron chi connectivity index (χ0n) is 10.4. The molecule has 0 saturated heterocycles. The molecule has 9 heteroatoms. The van der Waals surface area contributed by atoms with Crippen LogP contribution in [0.3, 0.4) is 0 Å². The average molecular weight is 291 g/mol. The molecule has 0 aliphatic rings. The van der Waals surface area contributed by atoms with Crippen LogP contribution in [-0.4, -0.2) is 18.2 Å². The zero-order valence-corrected chi connectivity index (χ0v) is 10.4. The van der Waals surface area contributed by atoms with Crippen molar-refractivity contribution in [2.75, 3.05) is 0 Å². The third-order valence-corrected chi connectivity index (χ3v) is 2.33. The molecule has 0 aliphatic heterocycles. The molecule has 0 aromatic heterocycles. The summed E-state index contributed by atoms with van der Waals surface area (Å²) in [5, 5.41) is 2.21. The van der Waals surface area contributed by atoms with Gasteiger partial charge in [-0.05, 0) is 30.2 Å². The Morgan fingerprint density at radius 1 is 1.30 bits per heavy atom. The van der Waals surface area contributed by atoms with Crippen molar-refractivity contribution in [3.05, 3.63) is 29.3 Å². The van der Waals surface area contributed by atoms with Crippen LogP contribution in [0.4, 0.5) is 13.2 Å². The van der Waals surface area contributed by atoms with E-state index < -0.39 is 23.9 Å². The van der Waals surface area contributed by atoms with Gasteiger partial charge in [0.1, 0.15) is 5.75 Å².